The van der Waals surface area contributed by atoms with Gasteiger partial charge in [0, 0.05) is 41.2 Å². The summed E-state index contributed by atoms with van der Waals surface area (Å²) in [7, 11) is 0. The lowest BCUT2D eigenvalue weighted by atomic mass is 9.93. The van der Waals surface area contributed by atoms with Crippen molar-refractivity contribution in [3.63, 3.8) is 0 Å². The highest BCUT2D eigenvalue weighted by atomic mass is 19.4. The van der Waals surface area contributed by atoms with Gasteiger partial charge >= 0.3 is 36.6 Å². The highest BCUT2D eigenvalue weighted by molar-refractivity contribution is 5.90. The van der Waals surface area contributed by atoms with E-state index < -0.39 is 196 Å². The van der Waals surface area contributed by atoms with Gasteiger partial charge in [0.05, 0.1) is 74.9 Å². The third-order valence-corrected chi connectivity index (χ3v) is 21.1. The van der Waals surface area contributed by atoms with E-state index in [1.54, 1.807) is 73.7 Å². The van der Waals surface area contributed by atoms with E-state index in [1.807, 2.05) is 19.1 Å². The molecule has 10 rings (SSSR count). The highest BCUT2D eigenvalue weighted by Gasteiger charge is 2.56. The number of aryl methyl sites for hydroxylation is 2. The van der Waals surface area contributed by atoms with Gasteiger partial charge in [-0.25, -0.2) is 19.2 Å². The Morgan fingerprint density at radius 1 is 0.421 bits per heavy atom. The van der Waals surface area contributed by atoms with Crippen LogP contribution in [0.1, 0.15) is 164 Å². The summed E-state index contributed by atoms with van der Waals surface area (Å²) >= 11 is 0. The highest BCUT2D eigenvalue weighted by Crippen LogP contribution is 2.39. The summed E-state index contributed by atoms with van der Waals surface area (Å²) in [6.07, 6.45) is -16.4. The van der Waals surface area contributed by atoms with E-state index in [0.717, 1.165) is 125 Å². The number of urea groups is 2. The molecule has 5 aromatic rings. The number of carbonyl (C=O) groups is 6. The van der Waals surface area contributed by atoms with Crippen LogP contribution in [0.25, 0.3) is 0 Å². The Morgan fingerprint density at radius 3 is 1.25 bits per heavy atom. The molecule has 121 heavy (non-hydrogen) atoms. The molecule has 5 aliphatic rings. The lowest BCUT2D eigenvalue weighted by molar-refractivity contribution is -0.369. The number of unbranched alkanes of at least 4 members (excludes halogenated alkanes) is 14. The normalized spacial score (nSPS) is 26.6. The zero-order valence-electron chi connectivity index (χ0n) is 68.0. The van der Waals surface area contributed by atoms with Crippen LogP contribution in [-0.2, 0) is 69.3 Å². The van der Waals surface area contributed by atoms with Crippen molar-refractivity contribution >= 4 is 58.8 Å². The number of hydrogen-bond donors (Lipinski definition) is 14. The number of ether oxygens (including phenoxy) is 10. The molecule has 0 aliphatic carbocycles. The van der Waals surface area contributed by atoms with Gasteiger partial charge in [0.2, 0.25) is 11.8 Å². The molecule has 36 heteroatoms. The second-order valence-electron chi connectivity index (χ2n) is 30.7. The summed E-state index contributed by atoms with van der Waals surface area (Å²) < 4.78 is 141. The second-order valence-corrected chi connectivity index (χ2v) is 30.7. The third kappa shape index (κ3) is 29.4. The molecule has 0 saturated carbocycles. The molecule has 668 valence electrons. The van der Waals surface area contributed by atoms with Crippen molar-refractivity contribution in [2.75, 3.05) is 60.9 Å². The molecule has 19 atom stereocenters. The van der Waals surface area contributed by atoms with Crippen molar-refractivity contribution in [1.82, 2.24) is 21.3 Å². The van der Waals surface area contributed by atoms with Gasteiger partial charge in [-0.2, -0.15) is 26.3 Å². The molecule has 14 N–H and O–H groups in total. The fourth-order valence-electron chi connectivity index (χ4n) is 14.8. The monoisotopic (exact) mass is 1710 g/mol. The number of rotatable bonds is 36. The Labute approximate surface area is 698 Å². The minimum atomic E-state index is -4.68. The molecule has 9 unspecified atom stereocenters. The number of aliphatic hydroxyl groups is 6. The van der Waals surface area contributed by atoms with Crippen LogP contribution >= 0.6 is 0 Å². The summed E-state index contributed by atoms with van der Waals surface area (Å²) in [6, 6.07) is 24.0. The van der Waals surface area contributed by atoms with Crippen molar-refractivity contribution in [2.45, 2.75) is 272 Å². The Hall–Kier alpha value is -8.86. The molecule has 0 spiro atoms. The lowest BCUT2D eigenvalue weighted by Crippen LogP contribution is -2.69. The number of alkyl halides is 6. The first kappa shape index (κ1) is 96.0. The fourth-order valence-corrected chi connectivity index (χ4v) is 14.8. The molecular weight excluding hydrogens is 1600 g/mol. The van der Waals surface area contributed by atoms with Crippen LogP contribution < -0.4 is 42.5 Å². The van der Waals surface area contributed by atoms with Gasteiger partial charge in [0.25, 0.3) is 0 Å². The van der Waals surface area contributed by atoms with Crippen LogP contribution in [0, 0.1) is 13.8 Å². The van der Waals surface area contributed by atoms with Gasteiger partial charge in [0.1, 0.15) is 61.0 Å². The molecule has 5 aliphatic heterocycles. The van der Waals surface area contributed by atoms with Crippen LogP contribution in [0.15, 0.2) is 127 Å². The molecule has 5 fully saturated rings. The first-order chi connectivity index (χ1) is 58.1. The van der Waals surface area contributed by atoms with Crippen LogP contribution in [0.4, 0.5) is 68.3 Å². The molecule has 0 bridgehead atoms. The number of carbonyl (C=O) groups excluding carboxylic acids is 6. The smallest absolute Gasteiger partial charge is 0.416 e. The van der Waals surface area contributed by atoms with Gasteiger partial charge in [0.15, 0.2) is 31.1 Å². The molecule has 5 saturated heterocycles. The van der Waals surface area contributed by atoms with Crippen molar-refractivity contribution in [3.05, 3.63) is 155 Å². The van der Waals surface area contributed by atoms with Crippen molar-refractivity contribution in [1.29, 1.82) is 0 Å². The van der Waals surface area contributed by atoms with E-state index >= 15 is 0 Å². The largest absolute Gasteiger partial charge is 0.438 e. The van der Waals surface area contributed by atoms with Crippen molar-refractivity contribution in [3.8, 4) is 0 Å². The number of fused-ring (bicyclic) bond motifs is 1. The number of hydrogen-bond acceptors (Lipinski definition) is 22. The standard InChI is InChI=1S/C46H59F3N4O11.C39H55F3N4O11/c1-3-4-5-6-7-8-9-13-22-36(55)53-37-34(25-54)59-26-33(52-44(57)50-32-21-15-19-30(24-32)46(47,48)49)39(37)62-43-41(64-45(58)51-31-20-14-16-28(2)23-31)38(56)40-35(61-43)27-60-42(63-40)29-17-11-10-12-18-29;1-3-4-5-6-7-8-9-10-17-30(49)46-31-28(20-47)54-22-27(45-37(52)43-26-16-12-14-24(19-26)39(40,41)42)34(31)56-36-35(33(51)32(50)29(21-48)55-36)57-38(53)44-25-15-11-13-23(2)18-25/h10-12,14-21,23-24,33-35,37-43,54,56H,3-9,13,22,25-27H2,1-2H3,(H,51,58)(H,53,55)(H2,50,52,57);11-16,18-19,27-29,31-36,47-48,50-51H,3-10,17,20-22H2,1-2H3,(H,44,53)(H,46,49)(H2,43,45,52)/t33?,34?,35?,37-,38-,39+,40-,41?,42?,43+;27?,28?,29?,31-,32-,33-,34+,35?,36+/m00/s1. The predicted octanol–water partition coefficient (Wildman–Crippen LogP) is 11.5. The third-order valence-electron chi connectivity index (χ3n) is 21.1. The van der Waals surface area contributed by atoms with Crippen molar-refractivity contribution < 1.29 is 133 Å². The predicted molar refractivity (Wildman–Crippen MR) is 429 cm³/mol. The lowest BCUT2D eigenvalue weighted by Gasteiger charge is -2.49. The van der Waals surface area contributed by atoms with E-state index in [1.165, 1.54) is 25.0 Å². The van der Waals surface area contributed by atoms with Gasteiger partial charge in [-0.1, -0.05) is 170 Å². The molecule has 30 nitrogen and oxygen atoms in total. The zero-order chi connectivity index (χ0) is 87.2. The maximum Gasteiger partial charge on any atom is 0.416 e. The maximum atomic E-state index is 13.6. The SMILES string of the molecule is CCCCCCCCCCC(=O)N[C@H]1C(CO)OCC(NC(=O)Nc2cccc(C(F)(F)F)c2)[C@H]1O[C@H]1OC(CO)[C@H](O)[C@H](O)C1OC(=O)Nc1cccc(C)c1.CCCCCCCCCCC(=O)N[C@H]1C(CO)OCC(NC(=O)Nc2cccc(C(F)(F)F)c2)[C@H]1O[C@H]1OC2COC(c3ccccc3)O[C@@H]2[C@H](O)C1OC(=O)Nc1cccc(C)c1. The molecule has 0 radical (unpaired) electrons. The average Bonchev–Trinajstić information content (AvgIpc) is 0.778. The quantitative estimate of drug-likeness (QED) is 0.0131. The number of aliphatic hydroxyl groups excluding tert-OH is 6. The van der Waals surface area contributed by atoms with Gasteiger partial charge in [-0.3, -0.25) is 20.2 Å². The Bertz CT molecular complexity index is 4050. The van der Waals surface area contributed by atoms with E-state index in [-0.39, 0.29) is 44.0 Å². The van der Waals surface area contributed by atoms with E-state index in [2.05, 4.69) is 56.4 Å². The van der Waals surface area contributed by atoms with E-state index in [0.29, 0.717) is 29.8 Å². The van der Waals surface area contributed by atoms with E-state index in [4.69, 9.17) is 47.4 Å². The molecular formula is C85H114F6N8O22. The van der Waals surface area contributed by atoms with Crippen LogP contribution in [-0.4, -0.2) is 216 Å². The van der Waals surface area contributed by atoms with Gasteiger partial charge in [-0.15, -0.1) is 0 Å². The fraction of sp³-hybridized carbons (Fsp3) is 0.576. The zero-order valence-corrected chi connectivity index (χ0v) is 68.0. The summed E-state index contributed by atoms with van der Waals surface area (Å²) in [6.45, 7) is 5.17. The van der Waals surface area contributed by atoms with Gasteiger partial charge in [-0.05, 0) is 98.5 Å². The van der Waals surface area contributed by atoms with Crippen LogP contribution in [0.3, 0.4) is 0 Å². The number of nitrogens with one attached hydrogen (secondary N) is 8. The Balaban J connectivity index is 0.000000277. The molecule has 0 aromatic heterocycles. The Morgan fingerprint density at radius 2 is 0.826 bits per heavy atom. The molecule has 8 amide bonds. The number of benzene rings is 5. The number of anilines is 4. The number of amides is 8. The summed E-state index contributed by atoms with van der Waals surface area (Å²) in [4.78, 5) is 80.4. The minimum absolute atomic E-state index is 0.0871. The second kappa shape index (κ2) is 47.7. The maximum absolute atomic E-state index is 13.6. The Kier molecular flexibility index (Phi) is 37.8. The van der Waals surface area contributed by atoms with Gasteiger partial charge < -0.3 is 110 Å². The summed E-state index contributed by atoms with van der Waals surface area (Å²) in [5, 5.41) is 85.6. The first-order valence-corrected chi connectivity index (χ1v) is 41.3. The van der Waals surface area contributed by atoms with Crippen LogP contribution in [0.5, 0.6) is 0 Å². The van der Waals surface area contributed by atoms with E-state index in [9.17, 15) is 85.7 Å². The topological polar surface area (TPSA) is 412 Å². The summed E-state index contributed by atoms with van der Waals surface area (Å²) in [5.74, 6) is -0.828. The average molecular weight is 1710 g/mol. The van der Waals surface area contributed by atoms with Crippen LogP contribution in [0.2, 0.25) is 0 Å². The molecule has 5 heterocycles. The van der Waals surface area contributed by atoms with Crippen molar-refractivity contribution in [2.24, 2.45) is 0 Å². The number of halogens is 6. The minimum Gasteiger partial charge on any atom is -0.438 e. The summed E-state index contributed by atoms with van der Waals surface area (Å²) in [5.41, 5.74) is 0.772. The first-order valence-electron chi connectivity index (χ1n) is 41.3. The molecule has 5 aromatic carbocycles.